The average Bonchev–Trinajstić information content (AvgIpc) is 2.28. The molecule has 18 heavy (non-hydrogen) atoms. The van der Waals surface area contributed by atoms with Crippen molar-refractivity contribution >= 4 is 11.6 Å². The Balaban J connectivity index is 2.39. The van der Waals surface area contributed by atoms with Crippen molar-refractivity contribution in [2.24, 2.45) is 11.1 Å². The molecule has 0 aromatic carbocycles. The van der Waals surface area contributed by atoms with Gasteiger partial charge in [0.05, 0.1) is 0 Å². The Hall–Kier alpha value is -1.36. The summed E-state index contributed by atoms with van der Waals surface area (Å²) in [6.45, 7) is 9.14. The molecule has 1 aromatic heterocycles. The van der Waals surface area contributed by atoms with Gasteiger partial charge >= 0.3 is 0 Å². The second-order valence-electron chi connectivity index (χ2n) is 5.59. The molecule has 0 spiro atoms. The maximum Gasteiger partial charge on any atom is 0.131 e. The fraction of sp³-hybridized carbons (Fsp3) is 0.692. The number of nitrogens with two attached hydrogens (primary N) is 1. The van der Waals surface area contributed by atoms with Crippen molar-refractivity contribution in [3.63, 3.8) is 0 Å². The molecule has 0 radical (unpaired) electrons. The summed E-state index contributed by atoms with van der Waals surface area (Å²) in [5, 5.41) is 6.54. The van der Waals surface area contributed by atoms with Gasteiger partial charge in [-0.2, -0.15) is 0 Å². The second-order valence-corrected chi connectivity index (χ2v) is 5.59. The zero-order chi connectivity index (χ0) is 13.4. The summed E-state index contributed by atoms with van der Waals surface area (Å²) < 4.78 is 0. The predicted octanol–water partition coefficient (Wildman–Crippen LogP) is 2.09. The third-order valence-corrected chi connectivity index (χ3v) is 2.54. The highest BCUT2D eigenvalue weighted by Gasteiger charge is 2.09. The molecular formula is C13H25N5. The molecule has 0 fully saturated rings. The van der Waals surface area contributed by atoms with E-state index in [-0.39, 0.29) is 0 Å². The van der Waals surface area contributed by atoms with Gasteiger partial charge in [-0.05, 0) is 24.8 Å². The van der Waals surface area contributed by atoms with Crippen LogP contribution in [-0.2, 0) is 0 Å². The molecule has 0 aliphatic rings. The van der Waals surface area contributed by atoms with Crippen molar-refractivity contribution in [1.82, 2.24) is 9.97 Å². The molecule has 0 aliphatic carbocycles. The lowest BCUT2D eigenvalue weighted by molar-refractivity contribution is 0.389. The minimum absolute atomic E-state index is 0.336. The van der Waals surface area contributed by atoms with Gasteiger partial charge in [-0.25, -0.2) is 9.97 Å². The van der Waals surface area contributed by atoms with Crippen LogP contribution in [0.15, 0.2) is 12.4 Å². The van der Waals surface area contributed by atoms with Crippen molar-refractivity contribution in [3.8, 4) is 0 Å². The van der Waals surface area contributed by atoms with Crippen LogP contribution in [0.1, 0.15) is 33.6 Å². The number of rotatable bonds is 7. The number of hydrogen-bond donors (Lipinski definition) is 3. The van der Waals surface area contributed by atoms with Crippen LogP contribution in [0.3, 0.4) is 0 Å². The van der Waals surface area contributed by atoms with E-state index < -0.39 is 0 Å². The van der Waals surface area contributed by atoms with E-state index in [1.807, 2.05) is 6.07 Å². The van der Waals surface area contributed by atoms with Crippen LogP contribution in [0.25, 0.3) is 0 Å². The number of hydrogen-bond acceptors (Lipinski definition) is 5. The van der Waals surface area contributed by atoms with Gasteiger partial charge < -0.3 is 16.4 Å². The summed E-state index contributed by atoms with van der Waals surface area (Å²) in [5.41, 5.74) is 5.78. The molecule has 1 rings (SSSR count). The molecule has 0 saturated carbocycles. The first-order valence-corrected chi connectivity index (χ1v) is 6.51. The highest BCUT2D eigenvalue weighted by molar-refractivity contribution is 5.46. The van der Waals surface area contributed by atoms with E-state index in [1.54, 1.807) is 6.33 Å². The van der Waals surface area contributed by atoms with Crippen molar-refractivity contribution in [2.45, 2.75) is 33.6 Å². The Morgan fingerprint density at radius 2 is 1.72 bits per heavy atom. The van der Waals surface area contributed by atoms with Crippen molar-refractivity contribution in [3.05, 3.63) is 12.4 Å². The molecule has 5 nitrogen and oxygen atoms in total. The highest BCUT2D eigenvalue weighted by Crippen LogP contribution is 2.18. The van der Waals surface area contributed by atoms with Crippen LogP contribution < -0.4 is 16.4 Å². The van der Waals surface area contributed by atoms with Gasteiger partial charge in [-0.3, -0.25) is 0 Å². The number of nitrogens with zero attached hydrogens (tertiary/aromatic N) is 2. The highest BCUT2D eigenvalue weighted by atomic mass is 15.1. The smallest absolute Gasteiger partial charge is 0.131 e. The molecule has 0 unspecified atom stereocenters. The predicted molar refractivity (Wildman–Crippen MR) is 76.8 cm³/mol. The fourth-order valence-corrected chi connectivity index (χ4v) is 1.43. The summed E-state index contributed by atoms with van der Waals surface area (Å²) in [5.74, 6) is 1.71. The lowest BCUT2D eigenvalue weighted by atomic mass is 9.92. The zero-order valence-electron chi connectivity index (χ0n) is 11.7. The van der Waals surface area contributed by atoms with E-state index in [0.29, 0.717) is 12.0 Å². The molecule has 0 atom stereocenters. The van der Waals surface area contributed by atoms with Crippen molar-refractivity contribution < 1.29 is 0 Å². The van der Waals surface area contributed by atoms with Crippen LogP contribution >= 0.6 is 0 Å². The van der Waals surface area contributed by atoms with Crippen LogP contribution in [0.5, 0.6) is 0 Å². The quantitative estimate of drug-likeness (QED) is 0.647. The third kappa shape index (κ3) is 6.39. The van der Waals surface area contributed by atoms with E-state index >= 15 is 0 Å². The van der Waals surface area contributed by atoms with Gasteiger partial charge in [0.25, 0.3) is 0 Å². The van der Waals surface area contributed by atoms with Crippen LogP contribution in [0.2, 0.25) is 0 Å². The average molecular weight is 251 g/mol. The van der Waals surface area contributed by atoms with Crippen LogP contribution in [0.4, 0.5) is 11.6 Å². The molecule has 5 heteroatoms. The lowest BCUT2D eigenvalue weighted by Crippen LogP contribution is -2.14. The van der Waals surface area contributed by atoms with Gasteiger partial charge in [-0.1, -0.05) is 20.8 Å². The van der Waals surface area contributed by atoms with E-state index in [2.05, 4.69) is 41.4 Å². The fourth-order valence-electron chi connectivity index (χ4n) is 1.43. The minimum Gasteiger partial charge on any atom is -0.370 e. The number of nitrogens with one attached hydrogen (secondary N) is 2. The monoisotopic (exact) mass is 251 g/mol. The van der Waals surface area contributed by atoms with Gasteiger partial charge in [0.1, 0.15) is 18.0 Å². The molecule has 1 aromatic rings. The third-order valence-electron chi connectivity index (χ3n) is 2.54. The molecule has 1 heterocycles. The Labute approximate surface area is 110 Å². The number of anilines is 2. The summed E-state index contributed by atoms with van der Waals surface area (Å²) in [6, 6.07) is 1.93. The second kappa shape index (κ2) is 7.16. The summed E-state index contributed by atoms with van der Waals surface area (Å²) in [7, 11) is 0. The standard InChI is InChI=1S/C13H25N5/c1-13(2,3)5-8-16-12-9-11(17-10-18-12)15-7-4-6-14/h9-10H,4-8,14H2,1-3H3,(H2,15,16,17,18). The van der Waals surface area contributed by atoms with Crippen molar-refractivity contribution in [2.75, 3.05) is 30.3 Å². The van der Waals surface area contributed by atoms with Gasteiger partial charge in [0.2, 0.25) is 0 Å². The Kier molecular flexibility index (Phi) is 5.85. The number of aromatic nitrogens is 2. The van der Waals surface area contributed by atoms with E-state index in [0.717, 1.165) is 37.6 Å². The van der Waals surface area contributed by atoms with Gasteiger partial charge in [0, 0.05) is 19.2 Å². The first kappa shape index (κ1) is 14.7. The van der Waals surface area contributed by atoms with Crippen LogP contribution in [0, 0.1) is 5.41 Å². The first-order valence-electron chi connectivity index (χ1n) is 6.51. The minimum atomic E-state index is 0.336. The molecule has 0 saturated heterocycles. The van der Waals surface area contributed by atoms with E-state index in [9.17, 15) is 0 Å². The maximum atomic E-state index is 5.44. The zero-order valence-corrected chi connectivity index (χ0v) is 11.7. The molecule has 0 aliphatic heterocycles. The largest absolute Gasteiger partial charge is 0.370 e. The molecule has 102 valence electrons. The summed E-state index contributed by atoms with van der Waals surface area (Å²) in [6.07, 6.45) is 3.62. The van der Waals surface area contributed by atoms with Crippen molar-refractivity contribution in [1.29, 1.82) is 0 Å². The maximum absolute atomic E-state index is 5.44. The molecule has 0 amide bonds. The molecule has 0 bridgehead atoms. The van der Waals surface area contributed by atoms with Crippen LogP contribution in [-0.4, -0.2) is 29.6 Å². The normalized spacial score (nSPS) is 11.3. The lowest BCUT2D eigenvalue weighted by Gasteiger charge is -2.18. The Morgan fingerprint density at radius 1 is 1.11 bits per heavy atom. The van der Waals surface area contributed by atoms with E-state index in [4.69, 9.17) is 5.73 Å². The first-order chi connectivity index (χ1) is 8.51. The van der Waals surface area contributed by atoms with E-state index in [1.165, 1.54) is 0 Å². The Bertz CT molecular complexity index is 345. The molecular weight excluding hydrogens is 226 g/mol. The SMILES string of the molecule is CC(C)(C)CCNc1cc(NCCCN)ncn1. The Morgan fingerprint density at radius 3 is 2.28 bits per heavy atom. The molecule has 4 N–H and O–H groups in total. The topological polar surface area (TPSA) is 75.9 Å². The van der Waals surface area contributed by atoms with Gasteiger partial charge in [0.15, 0.2) is 0 Å². The van der Waals surface area contributed by atoms with Gasteiger partial charge in [-0.15, -0.1) is 0 Å². The summed E-state index contributed by atoms with van der Waals surface area (Å²) in [4.78, 5) is 8.37. The summed E-state index contributed by atoms with van der Waals surface area (Å²) >= 11 is 0.